The van der Waals surface area contributed by atoms with Crippen LogP contribution >= 0.6 is 0 Å². The molecule has 1 aromatic rings. The first-order chi connectivity index (χ1) is 12.7. The minimum atomic E-state index is 0.0870. The second-order valence-corrected chi connectivity index (χ2v) is 6.98. The van der Waals surface area contributed by atoms with Crippen LogP contribution in [0.2, 0.25) is 0 Å². The highest BCUT2D eigenvalue weighted by molar-refractivity contribution is 5.92. The summed E-state index contributed by atoms with van der Waals surface area (Å²) < 4.78 is 10.9. The molecular formula is C21H30N2O3. The molecule has 1 amide bonds. The number of amides is 1. The van der Waals surface area contributed by atoms with E-state index in [1.54, 1.807) is 13.2 Å². The number of rotatable bonds is 6. The van der Waals surface area contributed by atoms with Gasteiger partial charge < -0.3 is 14.4 Å². The summed E-state index contributed by atoms with van der Waals surface area (Å²) in [6.07, 6.45) is 8.89. The van der Waals surface area contributed by atoms with Gasteiger partial charge in [-0.3, -0.25) is 9.69 Å². The largest absolute Gasteiger partial charge is 0.493 e. The zero-order valence-electron chi connectivity index (χ0n) is 15.9. The van der Waals surface area contributed by atoms with E-state index in [0.717, 1.165) is 43.5 Å². The lowest BCUT2D eigenvalue weighted by atomic mass is 10.1. The molecule has 1 heterocycles. The second-order valence-electron chi connectivity index (χ2n) is 6.98. The van der Waals surface area contributed by atoms with Crippen molar-refractivity contribution in [2.45, 2.75) is 38.6 Å². The Morgan fingerprint density at radius 2 is 1.88 bits per heavy atom. The standard InChI is InChI=1S/C21H30N2O3/c1-3-26-19-10-8-17(16-20(19)25-2)9-11-21(24)23-14-12-22(13-15-23)18-6-4-5-7-18/h8-11,16,18H,3-7,12-15H2,1-2H3/b11-9+. The SMILES string of the molecule is CCOc1ccc(/C=C/C(=O)N2CCN(C3CCCC3)CC2)cc1OC. The maximum atomic E-state index is 12.5. The summed E-state index contributed by atoms with van der Waals surface area (Å²) in [5.74, 6) is 1.50. The van der Waals surface area contributed by atoms with E-state index >= 15 is 0 Å². The molecule has 1 aliphatic heterocycles. The fourth-order valence-electron chi connectivity index (χ4n) is 3.91. The Morgan fingerprint density at radius 1 is 1.15 bits per heavy atom. The normalized spacial score (nSPS) is 19.2. The van der Waals surface area contributed by atoms with Crippen LogP contribution in [0.4, 0.5) is 0 Å². The Kier molecular flexibility index (Phi) is 6.56. The summed E-state index contributed by atoms with van der Waals surface area (Å²) in [5.41, 5.74) is 0.934. The van der Waals surface area contributed by atoms with Gasteiger partial charge in [0.1, 0.15) is 0 Å². The number of carbonyl (C=O) groups excluding carboxylic acids is 1. The number of ether oxygens (including phenoxy) is 2. The van der Waals surface area contributed by atoms with Crippen molar-refractivity contribution in [1.29, 1.82) is 0 Å². The van der Waals surface area contributed by atoms with Crippen molar-refractivity contribution in [3.63, 3.8) is 0 Å². The van der Waals surface area contributed by atoms with E-state index < -0.39 is 0 Å². The van der Waals surface area contributed by atoms with E-state index in [0.29, 0.717) is 12.4 Å². The highest BCUT2D eigenvalue weighted by Crippen LogP contribution is 2.28. The van der Waals surface area contributed by atoms with Crippen molar-refractivity contribution in [3.05, 3.63) is 29.8 Å². The topological polar surface area (TPSA) is 42.0 Å². The molecule has 2 fully saturated rings. The maximum Gasteiger partial charge on any atom is 0.246 e. The number of carbonyl (C=O) groups is 1. The van der Waals surface area contributed by atoms with Gasteiger partial charge in [0.15, 0.2) is 11.5 Å². The molecule has 0 radical (unpaired) electrons. The monoisotopic (exact) mass is 358 g/mol. The first-order valence-corrected chi connectivity index (χ1v) is 9.73. The highest BCUT2D eigenvalue weighted by atomic mass is 16.5. The van der Waals surface area contributed by atoms with Crippen LogP contribution < -0.4 is 9.47 Å². The van der Waals surface area contributed by atoms with E-state index in [-0.39, 0.29) is 5.91 Å². The van der Waals surface area contributed by atoms with E-state index in [1.807, 2.05) is 36.1 Å². The zero-order valence-corrected chi connectivity index (χ0v) is 15.9. The van der Waals surface area contributed by atoms with Crippen LogP contribution in [-0.4, -0.2) is 61.6 Å². The summed E-state index contributed by atoms with van der Waals surface area (Å²) in [5, 5.41) is 0. The summed E-state index contributed by atoms with van der Waals surface area (Å²) in [6, 6.07) is 6.47. The molecule has 3 rings (SSSR count). The summed E-state index contributed by atoms with van der Waals surface area (Å²) in [7, 11) is 1.63. The van der Waals surface area contributed by atoms with Gasteiger partial charge >= 0.3 is 0 Å². The third-order valence-corrected chi connectivity index (χ3v) is 5.37. The van der Waals surface area contributed by atoms with Gasteiger partial charge in [0.25, 0.3) is 0 Å². The molecule has 0 N–H and O–H groups in total. The van der Waals surface area contributed by atoms with E-state index in [2.05, 4.69) is 4.90 Å². The van der Waals surface area contributed by atoms with Crippen LogP contribution in [0.3, 0.4) is 0 Å². The van der Waals surface area contributed by atoms with E-state index in [9.17, 15) is 4.79 Å². The van der Waals surface area contributed by atoms with Crippen molar-refractivity contribution in [2.75, 3.05) is 39.9 Å². The molecule has 1 aliphatic carbocycles. The van der Waals surface area contributed by atoms with Crippen LogP contribution in [0, 0.1) is 0 Å². The average molecular weight is 358 g/mol. The quantitative estimate of drug-likeness (QED) is 0.733. The van der Waals surface area contributed by atoms with Gasteiger partial charge in [-0.05, 0) is 43.5 Å². The smallest absolute Gasteiger partial charge is 0.246 e. The molecule has 0 bridgehead atoms. The minimum absolute atomic E-state index is 0.0870. The lowest BCUT2D eigenvalue weighted by Crippen LogP contribution is -2.51. The molecule has 142 valence electrons. The molecule has 0 spiro atoms. The van der Waals surface area contributed by atoms with Crippen LogP contribution in [0.5, 0.6) is 11.5 Å². The first-order valence-electron chi connectivity index (χ1n) is 9.73. The van der Waals surface area contributed by atoms with Crippen molar-refractivity contribution in [3.8, 4) is 11.5 Å². The van der Waals surface area contributed by atoms with Crippen molar-refractivity contribution < 1.29 is 14.3 Å². The van der Waals surface area contributed by atoms with Gasteiger partial charge in [-0.2, -0.15) is 0 Å². The number of hydrogen-bond donors (Lipinski definition) is 0. The summed E-state index contributed by atoms with van der Waals surface area (Å²) in [6.45, 7) is 6.19. The number of benzene rings is 1. The molecule has 26 heavy (non-hydrogen) atoms. The number of hydrogen-bond acceptors (Lipinski definition) is 4. The fourth-order valence-corrected chi connectivity index (χ4v) is 3.91. The van der Waals surface area contributed by atoms with Gasteiger partial charge in [0.05, 0.1) is 13.7 Å². The highest BCUT2D eigenvalue weighted by Gasteiger charge is 2.27. The molecule has 2 aliphatic rings. The van der Waals surface area contributed by atoms with Gasteiger partial charge in [-0.25, -0.2) is 0 Å². The van der Waals surface area contributed by atoms with Gasteiger partial charge in [-0.15, -0.1) is 0 Å². The number of piperazine rings is 1. The van der Waals surface area contributed by atoms with Gasteiger partial charge in [0.2, 0.25) is 5.91 Å². The molecule has 5 nitrogen and oxygen atoms in total. The van der Waals surface area contributed by atoms with Crippen LogP contribution in [-0.2, 0) is 4.79 Å². The zero-order chi connectivity index (χ0) is 18.4. The minimum Gasteiger partial charge on any atom is -0.493 e. The Bertz CT molecular complexity index is 630. The lowest BCUT2D eigenvalue weighted by molar-refractivity contribution is -0.127. The molecule has 1 saturated heterocycles. The molecule has 0 aromatic heterocycles. The van der Waals surface area contributed by atoms with Gasteiger partial charge in [0, 0.05) is 38.3 Å². The van der Waals surface area contributed by atoms with Crippen molar-refractivity contribution in [1.82, 2.24) is 9.80 Å². The third-order valence-electron chi connectivity index (χ3n) is 5.37. The molecular weight excluding hydrogens is 328 g/mol. The predicted molar refractivity (Wildman–Crippen MR) is 104 cm³/mol. The van der Waals surface area contributed by atoms with Crippen LogP contribution in [0.1, 0.15) is 38.2 Å². The van der Waals surface area contributed by atoms with Gasteiger partial charge in [-0.1, -0.05) is 18.9 Å². The predicted octanol–water partition coefficient (Wildman–Crippen LogP) is 3.19. The molecule has 0 unspecified atom stereocenters. The van der Waals surface area contributed by atoms with E-state index in [1.165, 1.54) is 25.7 Å². The lowest BCUT2D eigenvalue weighted by Gasteiger charge is -2.37. The van der Waals surface area contributed by atoms with E-state index in [4.69, 9.17) is 9.47 Å². The second kappa shape index (κ2) is 9.08. The van der Waals surface area contributed by atoms with Crippen LogP contribution in [0.15, 0.2) is 24.3 Å². The number of nitrogens with zero attached hydrogens (tertiary/aromatic N) is 2. The van der Waals surface area contributed by atoms with Crippen LogP contribution in [0.25, 0.3) is 6.08 Å². The molecule has 0 atom stereocenters. The number of methoxy groups -OCH3 is 1. The molecule has 1 aromatic carbocycles. The average Bonchev–Trinajstić information content (AvgIpc) is 3.22. The Balaban J connectivity index is 1.54. The van der Waals surface area contributed by atoms with Crippen molar-refractivity contribution >= 4 is 12.0 Å². The Labute approximate surface area is 156 Å². The molecule has 1 saturated carbocycles. The van der Waals surface area contributed by atoms with Crippen molar-refractivity contribution in [2.24, 2.45) is 0 Å². The first kappa shape index (κ1) is 18.8. The third kappa shape index (κ3) is 4.58. The summed E-state index contributed by atoms with van der Waals surface area (Å²) >= 11 is 0. The molecule has 5 heteroatoms. The fraction of sp³-hybridized carbons (Fsp3) is 0.571. The summed E-state index contributed by atoms with van der Waals surface area (Å²) in [4.78, 5) is 17.0. The Morgan fingerprint density at radius 3 is 2.54 bits per heavy atom. The Hall–Kier alpha value is -2.01. The maximum absolute atomic E-state index is 12.5.